The lowest BCUT2D eigenvalue weighted by atomic mass is 10.5. The van der Waals surface area contributed by atoms with Crippen LogP contribution in [0.5, 0.6) is 0 Å². The number of rotatable bonds is 2. The van der Waals surface area contributed by atoms with Crippen molar-refractivity contribution in [3.05, 3.63) is 0 Å². The molecule has 0 radical (unpaired) electrons. The maximum Gasteiger partial charge on any atom is 0.324 e. The van der Waals surface area contributed by atoms with Gasteiger partial charge in [0.05, 0.1) is 0 Å². The van der Waals surface area contributed by atoms with Crippen LogP contribution in [0.25, 0.3) is 0 Å². The Morgan fingerprint density at radius 3 is 2.71 bits per heavy atom. The van der Waals surface area contributed by atoms with Crippen molar-refractivity contribution >= 4 is 15.4 Å². The molecular formula is C3H8NO2P. The van der Waals surface area contributed by atoms with E-state index < -0.39 is 0 Å². The van der Waals surface area contributed by atoms with Gasteiger partial charge in [-0.05, 0) is 9.39 Å². The van der Waals surface area contributed by atoms with Crippen LogP contribution in [-0.4, -0.2) is 5.97 Å². The van der Waals surface area contributed by atoms with Crippen molar-refractivity contribution in [2.45, 2.75) is 13.3 Å². The number of hydrogen-bond acceptors (Lipinski definition) is 3. The van der Waals surface area contributed by atoms with Crippen molar-refractivity contribution in [3.8, 4) is 0 Å². The Bertz CT molecular complexity index is 66.0. The molecule has 0 rings (SSSR count). The van der Waals surface area contributed by atoms with Crippen LogP contribution in [0.1, 0.15) is 13.3 Å². The topological polar surface area (TPSA) is 38.3 Å². The quantitative estimate of drug-likeness (QED) is 0.420. The van der Waals surface area contributed by atoms with E-state index in [4.69, 9.17) is 0 Å². The van der Waals surface area contributed by atoms with Crippen molar-refractivity contribution in [3.63, 3.8) is 0 Å². The van der Waals surface area contributed by atoms with E-state index in [0.717, 1.165) is 0 Å². The molecule has 1 atom stereocenters. The van der Waals surface area contributed by atoms with Gasteiger partial charge in [-0.3, -0.25) is 4.79 Å². The van der Waals surface area contributed by atoms with E-state index in [2.05, 4.69) is 19.5 Å². The minimum absolute atomic E-state index is 0.255. The van der Waals surface area contributed by atoms with E-state index in [1.807, 2.05) is 0 Å². The molecule has 0 amide bonds. The van der Waals surface area contributed by atoms with Crippen LogP contribution in [0.3, 0.4) is 0 Å². The Balaban J connectivity index is 3.00. The fourth-order valence-electron chi connectivity index (χ4n) is 0.138. The maximum atomic E-state index is 10.1. The first-order valence-electron chi connectivity index (χ1n) is 1.96. The summed E-state index contributed by atoms with van der Waals surface area (Å²) in [7, 11) is 2.06. The molecule has 7 heavy (non-hydrogen) atoms. The summed E-state index contributed by atoms with van der Waals surface area (Å²) in [6.07, 6.45) is 0.404. The lowest BCUT2D eigenvalue weighted by Crippen LogP contribution is -2.07. The summed E-state index contributed by atoms with van der Waals surface area (Å²) in [6.45, 7) is 1.73. The van der Waals surface area contributed by atoms with Crippen molar-refractivity contribution in [1.82, 2.24) is 5.25 Å². The van der Waals surface area contributed by atoms with Gasteiger partial charge in [-0.15, -0.1) is 5.25 Å². The molecule has 0 saturated carbocycles. The molecule has 3 nitrogen and oxygen atoms in total. The zero-order valence-electron chi connectivity index (χ0n) is 4.10. The molecule has 0 aromatic heterocycles. The molecule has 0 bridgehead atoms. The fraction of sp³-hybridized carbons (Fsp3) is 0.667. The average Bonchev–Trinajstić information content (AvgIpc) is 1.68. The van der Waals surface area contributed by atoms with Gasteiger partial charge < -0.3 is 4.84 Å². The summed E-state index contributed by atoms with van der Waals surface area (Å²) < 4.78 is 0. The molecule has 0 saturated heterocycles. The van der Waals surface area contributed by atoms with E-state index in [0.29, 0.717) is 6.42 Å². The molecule has 4 heteroatoms. The Labute approximate surface area is 44.6 Å². The molecule has 1 unspecified atom stereocenters. The van der Waals surface area contributed by atoms with Crippen LogP contribution in [0.15, 0.2) is 0 Å². The molecule has 0 aliphatic carbocycles. The smallest absolute Gasteiger partial charge is 0.324 e. The molecule has 0 heterocycles. The Morgan fingerprint density at radius 1 is 2.00 bits per heavy atom. The van der Waals surface area contributed by atoms with Gasteiger partial charge in [-0.25, -0.2) is 0 Å². The van der Waals surface area contributed by atoms with Crippen LogP contribution >= 0.6 is 9.39 Å². The van der Waals surface area contributed by atoms with Gasteiger partial charge in [0.25, 0.3) is 0 Å². The lowest BCUT2D eigenvalue weighted by Gasteiger charge is -1.94. The van der Waals surface area contributed by atoms with E-state index in [1.54, 1.807) is 6.92 Å². The van der Waals surface area contributed by atoms with E-state index >= 15 is 0 Å². The van der Waals surface area contributed by atoms with Crippen LogP contribution in [-0.2, 0) is 9.63 Å². The third kappa shape index (κ3) is 3.70. The highest BCUT2D eigenvalue weighted by molar-refractivity contribution is 7.13. The van der Waals surface area contributed by atoms with Crippen LogP contribution in [0, 0.1) is 0 Å². The second-order valence-electron chi connectivity index (χ2n) is 0.945. The molecular weight excluding hydrogens is 113 g/mol. The van der Waals surface area contributed by atoms with E-state index in [-0.39, 0.29) is 5.97 Å². The first-order chi connectivity index (χ1) is 3.31. The molecule has 0 aromatic carbocycles. The molecule has 42 valence electrons. The maximum absolute atomic E-state index is 10.1. The number of carbonyl (C=O) groups excluding carboxylic acids is 1. The van der Waals surface area contributed by atoms with Gasteiger partial charge >= 0.3 is 5.97 Å². The fourth-order valence-corrected chi connectivity index (χ4v) is 0.269. The summed E-state index contributed by atoms with van der Waals surface area (Å²) >= 11 is 0. The monoisotopic (exact) mass is 121 g/mol. The highest BCUT2D eigenvalue weighted by Gasteiger charge is 1.91. The molecule has 0 aliphatic heterocycles. The van der Waals surface area contributed by atoms with Gasteiger partial charge in [0.2, 0.25) is 0 Å². The summed E-state index contributed by atoms with van der Waals surface area (Å²) in [5.74, 6) is -0.255. The minimum Gasteiger partial charge on any atom is -0.368 e. The first-order valence-corrected chi connectivity index (χ1v) is 2.54. The van der Waals surface area contributed by atoms with Crippen molar-refractivity contribution < 1.29 is 9.63 Å². The molecule has 1 N–H and O–H groups in total. The Morgan fingerprint density at radius 2 is 2.57 bits per heavy atom. The molecule has 0 spiro atoms. The van der Waals surface area contributed by atoms with Crippen LogP contribution in [0.2, 0.25) is 0 Å². The largest absolute Gasteiger partial charge is 0.368 e. The number of carbonyl (C=O) groups is 1. The normalized spacial score (nSPS) is 8.29. The lowest BCUT2D eigenvalue weighted by molar-refractivity contribution is -0.146. The molecule has 0 aromatic rings. The SMILES string of the molecule is CCC(=O)ONP. The standard InChI is InChI=1S/C3H8NO2P/c1-2-3(5)6-4-7/h4H,2,7H2,1H3. The number of nitrogens with one attached hydrogen (secondary N) is 1. The van der Waals surface area contributed by atoms with Crippen molar-refractivity contribution in [1.29, 1.82) is 0 Å². The van der Waals surface area contributed by atoms with Gasteiger partial charge in [0, 0.05) is 6.42 Å². The predicted molar refractivity (Wildman–Crippen MR) is 29.2 cm³/mol. The summed E-state index contributed by atoms with van der Waals surface area (Å²) in [5.41, 5.74) is 0. The van der Waals surface area contributed by atoms with E-state index in [9.17, 15) is 4.79 Å². The zero-order valence-corrected chi connectivity index (χ0v) is 5.26. The number of hydrogen-bond donors (Lipinski definition) is 1. The van der Waals surface area contributed by atoms with Crippen LogP contribution in [0.4, 0.5) is 0 Å². The van der Waals surface area contributed by atoms with Gasteiger partial charge in [-0.1, -0.05) is 6.92 Å². The summed E-state index contributed by atoms with van der Waals surface area (Å²) in [5, 5.41) is 2.19. The highest BCUT2D eigenvalue weighted by Crippen LogP contribution is 1.80. The minimum atomic E-state index is -0.255. The van der Waals surface area contributed by atoms with Crippen LogP contribution < -0.4 is 5.25 Å². The van der Waals surface area contributed by atoms with Gasteiger partial charge in [0.1, 0.15) is 0 Å². The second-order valence-corrected chi connectivity index (χ2v) is 1.18. The van der Waals surface area contributed by atoms with Gasteiger partial charge in [-0.2, -0.15) is 0 Å². The van der Waals surface area contributed by atoms with Gasteiger partial charge in [0.15, 0.2) is 0 Å². The van der Waals surface area contributed by atoms with E-state index in [1.165, 1.54) is 0 Å². The highest BCUT2D eigenvalue weighted by atomic mass is 31.0. The Hall–Kier alpha value is -0.140. The summed E-state index contributed by atoms with van der Waals surface area (Å²) in [4.78, 5) is 14.4. The van der Waals surface area contributed by atoms with Crippen molar-refractivity contribution in [2.75, 3.05) is 0 Å². The molecule has 0 fully saturated rings. The molecule has 0 aliphatic rings. The summed E-state index contributed by atoms with van der Waals surface area (Å²) in [6, 6.07) is 0. The first kappa shape index (κ1) is 6.86. The van der Waals surface area contributed by atoms with Crippen molar-refractivity contribution in [2.24, 2.45) is 0 Å². The predicted octanol–water partition coefficient (Wildman–Crippen LogP) is 0.234. The Kier molecular flexibility index (Phi) is 3.95. The second kappa shape index (κ2) is 4.03. The third-order valence-electron chi connectivity index (χ3n) is 0.461. The average molecular weight is 121 g/mol. The zero-order chi connectivity index (χ0) is 5.70. The third-order valence-corrected chi connectivity index (χ3v) is 0.579.